The Hall–Kier alpha value is -2.18. The number of nitrogens with one attached hydrogen (secondary N) is 1. The smallest absolute Gasteiger partial charge is 0.337 e. The molecule has 0 spiro atoms. The molecular weight excluding hydrogens is 305 g/mol. The number of nitrogens with zero attached hydrogens (tertiary/aromatic N) is 2. The maximum absolute atomic E-state index is 11.9. The minimum atomic E-state index is -1.18. The lowest BCUT2D eigenvalue weighted by atomic mass is 10.1. The second-order valence-corrected chi connectivity index (χ2v) is 4.51. The van der Waals surface area contributed by atoms with Crippen molar-refractivity contribution >= 4 is 40.8 Å². The third-order valence-corrected chi connectivity index (χ3v) is 2.76. The number of rotatable bonds is 3. The van der Waals surface area contributed by atoms with Crippen LogP contribution in [-0.2, 0) is 0 Å². The topological polar surface area (TPSA) is 92.2 Å². The normalized spacial score (nSPS) is 10.1. The summed E-state index contributed by atoms with van der Waals surface area (Å²) in [5.74, 6) is -1.79. The lowest BCUT2D eigenvalue weighted by Crippen LogP contribution is -2.16. The summed E-state index contributed by atoms with van der Waals surface area (Å²) in [5, 5.41) is 19.0. The van der Waals surface area contributed by atoms with E-state index in [0.717, 1.165) is 0 Å². The number of carboxylic acids is 1. The Labute approximate surface area is 123 Å². The third kappa shape index (κ3) is 3.23. The van der Waals surface area contributed by atoms with Crippen molar-refractivity contribution in [2.45, 2.75) is 0 Å². The van der Waals surface area contributed by atoms with Crippen LogP contribution in [0.25, 0.3) is 0 Å². The highest BCUT2D eigenvalue weighted by Gasteiger charge is 2.15. The number of hydrogen-bond acceptors (Lipinski definition) is 4. The number of halogens is 2. The first-order valence-electron chi connectivity index (χ1n) is 5.31. The molecule has 102 valence electrons. The highest BCUT2D eigenvalue weighted by molar-refractivity contribution is 6.31. The molecule has 2 aromatic rings. The number of amides is 1. The summed E-state index contributed by atoms with van der Waals surface area (Å²) in [7, 11) is 0. The molecule has 0 atom stereocenters. The molecule has 0 bridgehead atoms. The van der Waals surface area contributed by atoms with Gasteiger partial charge in [-0.2, -0.15) is 0 Å². The Kier molecular flexibility index (Phi) is 4.16. The van der Waals surface area contributed by atoms with E-state index in [1.807, 2.05) is 0 Å². The van der Waals surface area contributed by atoms with Crippen molar-refractivity contribution in [2.24, 2.45) is 0 Å². The molecule has 1 heterocycles. The van der Waals surface area contributed by atoms with Gasteiger partial charge in [-0.3, -0.25) is 4.79 Å². The molecule has 0 radical (unpaired) electrons. The van der Waals surface area contributed by atoms with Gasteiger partial charge < -0.3 is 10.4 Å². The van der Waals surface area contributed by atoms with Gasteiger partial charge in [-0.25, -0.2) is 4.79 Å². The summed E-state index contributed by atoms with van der Waals surface area (Å²) in [5.41, 5.74) is 0.00198. The van der Waals surface area contributed by atoms with Crippen LogP contribution >= 0.6 is 23.2 Å². The lowest BCUT2D eigenvalue weighted by Gasteiger charge is -2.08. The minimum Gasteiger partial charge on any atom is -0.478 e. The average Bonchev–Trinajstić information content (AvgIpc) is 2.39. The highest BCUT2D eigenvalue weighted by Crippen LogP contribution is 2.21. The predicted octanol–water partition coefficient (Wildman–Crippen LogP) is 2.73. The largest absolute Gasteiger partial charge is 0.478 e. The Morgan fingerprint density at radius 1 is 1.10 bits per heavy atom. The van der Waals surface area contributed by atoms with Crippen LogP contribution in [0.3, 0.4) is 0 Å². The fraction of sp³-hybridized carbons (Fsp3) is 0. The Bertz CT molecular complexity index is 674. The van der Waals surface area contributed by atoms with Crippen molar-refractivity contribution in [3.05, 3.63) is 51.8 Å². The fourth-order valence-electron chi connectivity index (χ4n) is 1.43. The zero-order chi connectivity index (χ0) is 14.7. The Morgan fingerprint density at radius 3 is 2.45 bits per heavy atom. The van der Waals surface area contributed by atoms with Crippen LogP contribution < -0.4 is 5.32 Å². The second kappa shape index (κ2) is 5.85. The van der Waals surface area contributed by atoms with Crippen LogP contribution in [0.4, 0.5) is 5.69 Å². The van der Waals surface area contributed by atoms with Gasteiger partial charge in [0, 0.05) is 5.02 Å². The maximum Gasteiger partial charge on any atom is 0.337 e. The van der Waals surface area contributed by atoms with Gasteiger partial charge in [-0.05, 0) is 30.3 Å². The highest BCUT2D eigenvalue weighted by atomic mass is 35.5. The number of anilines is 1. The summed E-state index contributed by atoms with van der Waals surface area (Å²) < 4.78 is 0. The monoisotopic (exact) mass is 311 g/mol. The fourth-order valence-corrected chi connectivity index (χ4v) is 1.70. The van der Waals surface area contributed by atoms with Crippen LogP contribution in [0.2, 0.25) is 10.2 Å². The van der Waals surface area contributed by atoms with Gasteiger partial charge >= 0.3 is 5.97 Å². The first-order chi connectivity index (χ1) is 9.47. The SMILES string of the molecule is O=C(Nc1cc(Cl)ccc1C(=O)O)c1ccc(Cl)nn1. The number of aromatic carboxylic acids is 1. The summed E-state index contributed by atoms with van der Waals surface area (Å²) in [6, 6.07) is 6.83. The van der Waals surface area contributed by atoms with Crippen molar-refractivity contribution in [3.8, 4) is 0 Å². The van der Waals surface area contributed by atoms with E-state index < -0.39 is 11.9 Å². The zero-order valence-electron chi connectivity index (χ0n) is 9.80. The molecule has 0 unspecified atom stereocenters. The third-order valence-electron chi connectivity index (χ3n) is 2.32. The zero-order valence-corrected chi connectivity index (χ0v) is 11.3. The van der Waals surface area contributed by atoms with Gasteiger partial charge in [0.05, 0.1) is 11.3 Å². The molecule has 0 aliphatic rings. The van der Waals surface area contributed by atoms with E-state index in [9.17, 15) is 9.59 Å². The molecule has 0 fully saturated rings. The molecule has 1 aromatic carbocycles. The second-order valence-electron chi connectivity index (χ2n) is 3.69. The molecular formula is C12H7Cl2N3O3. The van der Waals surface area contributed by atoms with E-state index >= 15 is 0 Å². The summed E-state index contributed by atoms with van der Waals surface area (Å²) in [6.07, 6.45) is 0. The number of carbonyl (C=O) groups is 2. The molecule has 2 N–H and O–H groups in total. The number of carboxylic acid groups (broad SMARTS) is 1. The van der Waals surface area contributed by atoms with E-state index in [1.165, 1.54) is 30.3 Å². The van der Waals surface area contributed by atoms with E-state index in [2.05, 4.69) is 15.5 Å². The van der Waals surface area contributed by atoms with Gasteiger partial charge in [-0.15, -0.1) is 10.2 Å². The average molecular weight is 312 g/mol. The van der Waals surface area contributed by atoms with E-state index in [1.54, 1.807) is 0 Å². The first kappa shape index (κ1) is 14.2. The van der Waals surface area contributed by atoms with Gasteiger partial charge in [0.25, 0.3) is 5.91 Å². The number of carbonyl (C=O) groups excluding carboxylic acids is 1. The molecule has 0 saturated carbocycles. The van der Waals surface area contributed by atoms with Crippen LogP contribution in [0.5, 0.6) is 0 Å². The van der Waals surface area contributed by atoms with Crippen molar-refractivity contribution in [1.82, 2.24) is 10.2 Å². The number of aromatic nitrogens is 2. The van der Waals surface area contributed by atoms with Gasteiger partial charge in [0.1, 0.15) is 0 Å². The molecule has 20 heavy (non-hydrogen) atoms. The molecule has 6 nitrogen and oxygen atoms in total. The van der Waals surface area contributed by atoms with Crippen LogP contribution in [-0.4, -0.2) is 27.2 Å². The molecule has 0 aliphatic carbocycles. The number of hydrogen-bond donors (Lipinski definition) is 2. The van der Waals surface area contributed by atoms with Crippen molar-refractivity contribution < 1.29 is 14.7 Å². The first-order valence-corrected chi connectivity index (χ1v) is 6.06. The van der Waals surface area contributed by atoms with Crippen molar-refractivity contribution in [3.63, 3.8) is 0 Å². The molecule has 8 heteroatoms. The quantitative estimate of drug-likeness (QED) is 0.909. The molecule has 0 aliphatic heterocycles. The van der Waals surface area contributed by atoms with E-state index in [0.29, 0.717) is 5.02 Å². The van der Waals surface area contributed by atoms with E-state index in [4.69, 9.17) is 28.3 Å². The minimum absolute atomic E-state index is 0.00529. The Balaban J connectivity index is 2.29. The summed E-state index contributed by atoms with van der Waals surface area (Å²) >= 11 is 11.3. The van der Waals surface area contributed by atoms with Crippen LogP contribution in [0.15, 0.2) is 30.3 Å². The molecule has 1 amide bonds. The Morgan fingerprint density at radius 2 is 1.85 bits per heavy atom. The molecule has 2 rings (SSSR count). The van der Waals surface area contributed by atoms with Gasteiger partial charge in [0.15, 0.2) is 10.8 Å². The lowest BCUT2D eigenvalue weighted by molar-refractivity contribution is 0.0698. The maximum atomic E-state index is 11.9. The number of benzene rings is 1. The van der Waals surface area contributed by atoms with Crippen LogP contribution in [0, 0.1) is 0 Å². The molecule has 0 saturated heterocycles. The summed E-state index contributed by atoms with van der Waals surface area (Å²) in [6.45, 7) is 0. The van der Waals surface area contributed by atoms with Crippen LogP contribution in [0.1, 0.15) is 20.8 Å². The van der Waals surface area contributed by atoms with Crippen molar-refractivity contribution in [2.75, 3.05) is 5.32 Å². The van der Waals surface area contributed by atoms with Crippen molar-refractivity contribution in [1.29, 1.82) is 0 Å². The predicted molar refractivity (Wildman–Crippen MR) is 73.4 cm³/mol. The van der Waals surface area contributed by atoms with Gasteiger partial charge in [-0.1, -0.05) is 23.2 Å². The van der Waals surface area contributed by atoms with E-state index in [-0.39, 0.29) is 22.1 Å². The summed E-state index contributed by atoms with van der Waals surface area (Å²) in [4.78, 5) is 23.0. The molecule has 1 aromatic heterocycles. The standard InChI is InChI=1S/C12H7Cl2N3O3/c13-6-1-2-7(12(19)20)9(5-6)15-11(18)8-3-4-10(14)17-16-8/h1-5H,(H,15,18)(H,19,20). The van der Waals surface area contributed by atoms with Gasteiger partial charge in [0.2, 0.25) is 0 Å².